The number of aromatic nitrogens is 1. The van der Waals surface area contributed by atoms with Gasteiger partial charge in [0, 0.05) is 17.0 Å². The van der Waals surface area contributed by atoms with Gasteiger partial charge in [-0.25, -0.2) is 0 Å². The van der Waals surface area contributed by atoms with E-state index in [-0.39, 0.29) is 11.7 Å². The maximum absolute atomic E-state index is 9.38. The Labute approximate surface area is 156 Å². The van der Waals surface area contributed by atoms with Crippen LogP contribution in [-0.4, -0.2) is 37.6 Å². The molecule has 3 aromatic rings. The van der Waals surface area contributed by atoms with E-state index in [2.05, 4.69) is 32.7 Å². The first-order valence-electron chi connectivity index (χ1n) is 8.11. The number of hydrogen-bond donors (Lipinski definition) is 1. The molecule has 0 saturated heterocycles. The van der Waals surface area contributed by atoms with Crippen molar-refractivity contribution in [1.82, 2.24) is 9.88 Å². The van der Waals surface area contributed by atoms with Gasteiger partial charge in [0.15, 0.2) is 0 Å². The second kappa shape index (κ2) is 8.04. The SMILES string of the molecule is COc1ccc(-c2nc(C#N)c(NC[C@H](c3cccs3)N(C)C)o2)cc1. The van der Waals surface area contributed by atoms with Crippen LogP contribution in [0.1, 0.15) is 16.6 Å². The highest BCUT2D eigenvalue weighted by Gasteiger charge is 2.19. The van der Waals surface area contributed by atoms with Crippen molar-refractivity contribution in [2.75, 3.05) is 33.1 Å². The van der Waals surface area contributed by atoms with E-state index in [1.54, 1.807) is 18.4 Å². The zero-order valence-electron chi connectivity index (χ0n) is 14.9. The lowest BCUT2D eigenvalue weighted by atomic mass is 10.2. The molecule has 134 valence electrons. The first-order chi connectivity index (χ1) is 12.6. The predicted octanol–water partition coefficient (Wildman–Crippen LogP) is 4.00. The van der Waals surface area contributed by atoms with Crippen molar-refractivity contribution in [2.45, 2.75) is 6.04 Å². The number of benzene rings is 1. The lowest BCUT2D eigenvalue weighted by Crippen LogP contribution is -2.26. The van der Waals surface area contributed by atoms with Crippen LogP contribution < -0.4 is 10.1 Å². The monoisotopic (exact) mass is 368 g/mol. The van der Waals surface area contributed by atoms with Gasteiger partial charge < -0.3 is 19.4 Å². The molecule has 0 aliphatic heterocycles. The van der Waals surface area contributed by atoms with Crippen LogP contribution in [0.5, 0.6) is 5.75 Å². The fourth-order valence-electron chi connectivity index (χ4n) is 2.58. The number of ether oxygens (including phenoxy) is 1. The van der Waals surface area contributed by atoms with E-state index in [0.717, 1.165) is 11.3 Å². The average Bonchev–Trinajstić information content (AvgIpc) is 3.31. The second-order valence-corrected chi connectivity index (χ2v) is 6.89. The van der Waals surface area contributed by atoms with E-state index < -0.39 is 0 Å². The zero-order valence-corrected chi connectivity index (χ0v) is 15.7. The quantitative estimate of drug-likeness (QED) is 0.679. The van der Waals surface area contributed by atoms with Crippen LogP contribution in [0.15, 0.2) is 46.2 Å². The van der Waals surface area contributed by atoms with Gasteiger partial charge in [0.25, 0.3) is 0 Å². The Morgan fingerprint density at radius 3 is 2.65 bits per heavy atom. The van der Waals surface area contributed by atoms with E-state index in [4.69, 9.17) is 9.15 Å². The summed E-state index contributed by atoms with van der Waals surface area (Å²) in [7, 11) is 5.67. The van der Waals surface area contributed by atoms with Crippen molar-refractivity contribution in [3.8, 4) is 23.3 Å². The van der Waals surface area contributed by atoms with Gasteiger partial charge in [-0.05, 0) is 49.8 Å². The Hall–Kier alpha value is -2.82. The normalized spacial score (nSPS) is 12.0. The number of nitriles is 1. The smallest absolute Gasteiger partial charge is 0.232 e. The van der Waals surface area contributed by atoms with E-state index in [1.165, 1.54) is 4.88 Å². The number of oxazole rings is 1. The summed E-state index contributed by atoms with van der Waals surface area (Å²) >= 11 is 1.71. The fourth-order valence-corrected chi connectivity index (χ4v) is 3.50. The molecule has 2 heterocycles. The van der Waals surface area contributed by atoms with E-state index in [0.29, 0.717) is 18.3 Å². The largest absolute Gasteiger partial charge is 0.497 e. The highest BCUT2D eigenvalue weighted by molar-refractivity contribution is 7.10. The van der Waals surface area contributed by atoms with Gasteiger partial charge in [-0.3, -0.25) is 0 Å². The Kier molecular flexibility index (Phi) is 5.56. The van der Waals surface area contributed by atoms with Gasteiger partial charge in [-0.15, -0.1) is 11.3 Å². The predicted molar refractivity (Wildman–Crippen MR) is 102 cm³/mol. The molecule has 26 heavy (non-hydrogen) atoms. The Balaban J connectivity index is 1.79. The molecule has 3 rings (SSSR count). The number of rotatable bonds is 7. The average molecular weight is 368 g/mol. The fraction of sp³-hybridized carbons (Fsp3) is 0.263. The molecule has 0 aliphatic rings. The van der Waals surface area contributed by atoms with E-state index in [9.17, 15) is 5.26 Å². The molecule has 7 heteroatoms. The van der Waals surface area contributed by atoms with Crippen molar-refractivity contribution >= 4 is 17.2 Å². The lowest BCUT2D eigenvalue weighted by Gasteiger charge is -2.23. The van der Waals surface area contributed by atoms with Crippen LogP contribution in [0.4, 0.5) is 5.88 Å². The molecule has 0 amide bonds. The minimum atomic E-state index is 0.177. The van der Waals surface area contributed by atoms with Crippen molar-refractivity contribution in [3.63, 3.8) is 0 Å². The summed E-state index contributed by atoms with van der Waals surface area (Å²) in [5.74, 6) is 1.55. The Morgan fingerprint density at radius 1 is 1.31 bits per heavy atom. The van der Waals surface area contributed by atoms with Gasteiger partial charge in [0.1, 0.15) is 11.8 Å². The van der Waals surface area contributed by atoms with Crippen molar-refractivity contribution in [2.24, 2.45) is 0 Å². The minimum Gasteiger partial charge on any atom is -0.497 e. The molecule has 0 aliphatic carbocycles. The highest BCUT2D eigenvalue weighted by Crippen LogP contribution is 2.28. The number of likely N-dealkylation sites (N-methyl/N-ethyl adjacent to an activating group) is 1. The molecule has 0 fully saturated rings. The molecule has 6 nitrogen and oxygen atoms in total. The highest BCUT2D eigenvalue weighted by atomic mass is 32.1. The summed E-state index contributed by atoms with van der Waals surface area (Å²) in [5.41, 5.74) is 1.04. The van der Waals surface area contributed by atoms with Crippen LogP contribution >= 0.6 is 11.3 Å². The van der Waals surface area contributed by atoms with Crippen LogP contribution in [0, 0.1) is 11.3 Å². The number of methoxy groups -OCH3 is 1. The third-order valence-corrected chi connectivity index (χ3v) is 4.99. The lowest BCUT2D eigenvalue weighted by molar-refractivity contribution is 0.315. The topological polar surface area (TPSA) is 74.3 Å². The number of anilines is 1. The summed E-state index contributed by atoms with van der Waals surface area (Å²) in [6.07, 6.45) is 0. The number of nitrogens with one attached hydrogen (secondary N) is 1. The van der Waals surface area contributed by atoms with Gasteiger partial charge in [-0.1, -0.05) is 6.07 Å². The molecule has 0 radical (unpaired) electrons. The zero-order chi connectivity index (χ0) is 18.5. The van der Waals surface area contributed by atoms with E-state index in [1.807, 2.05) is 44.4 Å². The molecular weight excluding hydrogens is 348 g/mol. The number of thiophene rings is 1. The van der Waals surface area contributed by atoms with Gasteiger partial charge >= 0.3 is 0 Å². The Bertz CT molecular complexity index is 879. The summed E-state index contributed by atoms with van der Waals surface area (Å²) in [4.78, 5) is 7.67. The van der Waals surface area contributed by atoms with Crippen LogP contribution in [0.3, 0.4) is 0 Å². The minimum absolute atomic E-state index is 0.177. The standard InChI is InChI=1S/C19H20N4O2S/c1-23(2)16(17-5-4-10-26-17)12-21-19-15(11-20)22-18(25-19)13-6-8-14(24-3)9-7-13/h4-10,16,21H,12H2,1-3H3/t16-/m1/s1. The molecule has 1 N–H and O–H groups in total. The maximum atomic E-state index is 9.38. The summed E-state index contributed by atoms with van der Waals surface area (Å²) in [5, 5.41) is 14.7. The Morgan fingerprint density at radius 2 is 2.08 bits per heavy atom. The van der Waals surface area contributed by atoms with Gasteiger partial charge in [0.05, 0.1) is 13.2 Å². The summed E-state index contributed by atoms with van der Waals surface area (Å²) < 4.78 is 11.0. The molecular formula is C19H20N4O2S. The third kappa shape index (κ3) is 3.87. The van der Waals surface area contributed by atoms with Crippen molar-refractivity contribution < 1.29 is 9.15 Å². The molecule has 2 aromatic heterocycles. The second-order valence-electron chi connectivity index (χ2n) is 5.91. The first-order valence-corrected chi connectivity index (χ1v) is 8.99. The molecule has 1 aromatic carbocycles. The summed E-state index contributed by atoms with van der Waals surface area (Å²) in [6, 6.07) is 13.8. The molecule has 1 atom stereocenters. The third-order valence-electron chi connectivity index (χ3n) is 4.02. The molecule has 0 spiro atoms. The van der Waals surface area contributed by atoms with Crippen LogP contribution in [-0.2, 0) is 0 Å². The van der Waals surface area contributed by atoms with Crippen LogP contribution in [0.2, 0.25) is 0 Å². The van der Waals surface area contributed by atoms with Crippen molar-refractivity contribution in [3.05, 3.63) is 52.3 Å². The molecule has 0 saturated carbocycles. The van der Waals surface area contributed by atoms with Gasteiger partial charge in [0.2, 0.25) is 17.5 Å². The number of hydrogen-bond acceptors (Lipinski definition) is 7. The first kappa shape index (κ1) is 18.0. The van der Waals surface area contributed by atoms with Crippen LogP contribution in [0.25, 0.3) is 11.5 Å². The number of nitrogens with zero attached hydrogens (tertiary/aromatic N) is 3. The maximum Gasteiger partial charge on any atom is 0.232 e. The molecule has 0 bridgehead atoms. The molecule has 0 unspecified atom stereocenters. The van der Waals surface area contributed by atoms with Gasteiger partial charge in [-0.2, -0.15) is 10.2 Å². The summed E-state index contributed by atoms with van der Waals surface area (Å²) in [6.45, 7) is 0.611. The van der Waals surface area contributed by atoms with E-state index >= 15 is 0 Å². The van der Waals surface area contributed by atoms with Crippen molar-refractivity contribution in [1.29, 1.82) is 5.26 Å².